The minimum atomic E-state index is 0.289. The Morgan fingerprint density at radius 2 is 2.39 bits per heavy atom. The fourth-order valence-electron chi connectivity index (χ4n) is 2.55. The molecule has 2 N–H and O–H groups in total. The Kier molecular flexibility index (Phi) is 4.19. The summed E-state index contributed by atoms with van der Waals surface area (Å²) in [7, 11) is 1.75. The van der Waals surface area contributed by atoms with Crippen LogP contribution in [0, 0.1) is 11.3 Å². The molecule has 1 saturated heterocycles. The third-order valence-electron chi connectivity index (χ3n) is 3.58. The molecule has 1 heterocycles. The molecule has 0 radical (unpaired) electrons. The zero-order valence-electron chi connectivity index (χ0n) is 10.7. The molecule has 4 heteroatoms. The van der Waals surface area contributed by atoms with E-state index in [2.05, 4.69) is 11.0 Å². The molecule has 96 valence electrons. The Bertz CT molecular complexity index is 441. The number of piperidine rings is 1. The fourth-order valence-corrected chi connectivity index (χ4v) is 2.55. The van der Waals surface area contributed by atoms with Crippen LogP contribution in [0.1, 0.15) is 18.4 Å². The molecule has 1 aliphatic heterocycles. The lowest BCUT2D eigenvalue weighted by Crippen LogP contribution is -2.48. The van der Waals surface area contributed by atoms with Gasteiger partial charge in [0.2, 0.25) is 0 Å². The number of benzene rings is 1. The van der Waals surface area contributed by atoms with Crippen molar-refractivity contribution in [1.82, 2.24) is 0 Å². The number of nitrogens with zero attached hydrogens (tertiary/aromatic N) is 2. The second-order valence-corrected chi connectivity index (χ2v) is 4.63. The van der Waals surface area contributed by atoms with Crippen LogP contribution < -0.4 is 10.6 Å². The first-order valence-electron chi connectivity index (χ1n) is 6.28. The molecule has 0 amide bonds. The van der Waals surface area contributed by atoms with Crippen LogP contribution in [-0.4, -0.2) is 32.3 Å². The summed E-state index contributed by atoms with van der Waals surface area (Å²) in [6.45, 7) is 1.53. The topological polar surface area (TPSA) is 62.3 Å². The molecule has 0 aromatic heterocycles. The number of nitrogens with two attached hydrogens (primary N) is 1. The SMILES string of the molecule is COC1CCN(c2cccc(C#N)c2)C(CN)C1. The monoisotopic (exact) mass is 245 g/mol. The molecule has 1 fully saturated rings. The lowest BCUT2D eigenvalue weighted by molar-refractivity contribution is 0.0709. The van der Waals surface area contributed by atoms with Crippen molar-refractivity contribution in [3.8, 4) is 6.07 Å². The van der Waals surface area contributed by atoms with Crippen LogP contribution in [0.3, 0.4) is 0 Å². The van der Waals surface area contributed by atoms with E-state index in [1.807, 2.05) is 24.3 Å². The second kappa shape index (κ2) is 5.85. The first-order chi connectivity index (χ1) is 8.78. The van der Waals surface area contributed by atoms with Gasteiger partial charge in [0.25, 0.3) is 0 Å². The third-order valence-corrected chi connectivity index (χ3v) is 3.58. The van der Waals surface area contributed by atoms with Crippen LogP contribution in [0.4, 0.5) is 5.69 Å². The van der Waals surface area contributed by atoms with E-state index < -0.39 is 0 Å². The van der Waals surface area contributed by atoms with E-state index in [4.69, 9.17) is 15.7 Å². The van der Waals surface area contributed by atoms with Crippen molar-refractivity contribution in [1.29, 1.82) is 5.26 Å². The summed E-state index contributed by atoms with van der Waals surface area (Å²) in [6, 6.07) is 10.2. The molecule has 2 unspecified atom stereocenters. The van der Waals surface area contributed by atoms with Crippen molar-refractivity contribution >= 4 is 5.69 Å². The van der Waals surface area contributed by atoms with Crippen molar-refractivity contribution in [2.75, 3.05) is 25.1 Å². The smallest absolute Gasteiger partial charge is 0.0992 e. The lowest BCUT2D eigenvalue weighted by Gasteiger charge is -2.40. The largest absolute Gasteiger partial charge is 0.381 e. The number of rotatable bonds is 3. The highest BCUT2D eigenvalue weighted by molar-refractivity contribution is 5.52. The number of hydrogen-bond acceptors (Lipinski definition) is 4. The summed E-state index contributed by atoms with van der Waals surface area (Å²) in [4.78, 5) is 2.29. The van der Waals surface area contributed by atoms with Gasteiger partial charge in [-0.15, -0.1) is 0 Å². The van der Waals surface area contributed by atoms with Crippen LogP contribution in [0.15, 0.2) is 24.3 Å². The lowest BCUT2D eigenvalue weighted by atomic mass is 9.98. The number of hydrogen-bond donors (Lipinski definition) is 1. The summed E-state index contributed by atoms with van der Waals surface area (Å²) in [6.07, 6.45) is 2.25. The Hall–Kier alpha value is -1.57. The van der Waals surface area contributed by atoms with Gasteiger partial charge in [-0.05, 0) is 31.0 Å². The van der Waals surface area contributed by atoms with E-state index in [0.717, 1.165) is 25.1 Å². The third kappa shape index (κ3) is 2.63. The molecule has 0 aliphatic carbocycles. The summed E-state index contributed by atoms with van der Waals surface area (Å²) >= 11 is 0. The average molecular weight is 245 g/mol. The van der Waals surface area contributed by atoms with Gasteiger partial charge in [0.1, 0.15) is 0 Å². The van der Waals surface area contributed by atoms with Gasteiger partial charge < -0.3 is 15.4 Å². The zero-order chi connectivity index (χ0) is 13.0. The van der Waals surface area contributed by atoms with E-state index in [1.54, 1.807) is 7.11 Å². The van der Waals surface area contributed by atoms with Crippen LogP contribution in [0.2, 0.25) is 0 Å². The number of nitriles is 1. The van der Waals surface area contributed by atoms with E-state index in [9.17, 15) is 0 Å². The Morgan fingerprint density at radius 1 is 1.56 bits per heavy atom. The van der Waals surface area contributed by atoms with Gasteiger partial charge in [0, 0.05) is 31.9 Å². The molecule has 0 spiro atoms. The van der Waals surface area contributed by atoms with Gasteiger partial charge in [-0.25, -0.2) is 0 Å². The normalized spacial score (nSPS) is 23.7. The van der Waals surface area contributed by atoms with Crippen molar-refractivity contribution < 1.29 is 4.74 Å². The van der Waals surface area contributed by atoms with Crippen molar-refractivity contribution in [3.05, 3.63) is 29.8 Å². The quantitative estimate of drug-likeness (QED) is 0.876. The van der Waals surface area contributed by atoms with Crippen molar-refractivity contribution in [3.63, 3.8) is 0 Å². The molecule has 0 bridgehead atoms. The average Bonchev–Trinajstić information content (AvgIpc) is 2.46. The van der Waals surface area contributed by atoms with Gasteiger partial charge in [0.05, 0.1) is 17.7 Å². The van der Waals surface area contributed by atoms with E-state index in [-0.39, 0.29) is 6.04 Å². The molecule has 0 saturated carbocycles. The molecule has 1 aliphatic rings. The predicted octanol–water partition coefficient (Wildman–Crippen LogP) is 1.50. The molecule has 2 rings (SSSR count). The first-order valence-corrected chi connectivity index (χ1v) is 6.28. The maximum atomic E-state index is 8.95. The minimum absolute atomic E-state index is 0.289. The van der Waals surface area contributed by atoms with Gasteiger partial charge in [-0.3, -0.25) is 0 Å². The molecule has 2 atom stereocenters. The van der Waals surface area contributed by atoms with Gasteiger partial charge in [-0.2, -0.15) is 5.26 Å². The zero-order valence-corrected chi connectivity index (χ0v) is 10.7. The number of methoxy groups -OCH3 is 1. The summed E-state index contributed by atoms with van der Waals surface area (Å²) in [5.41, 5.74) is 7.63. The number of ether oxygens (including phenoxy) is 1. The van der Waals surface area contributed by atoms with Crippen LogP contribution in [0.5, 0.6) is 0 Å². The van der Waals surface area contributed by atoms with Gasteiger partial charge >= 0.3 is 0 Å². The van der Waals surface area contributed by atoms with E-state index in [1.165, 1.54) is 0 Å². The summed E-state index contributed by atoms with van der Waals surface area (Å²) in [5, 5.41) is 8.95. The summed E-state index contributed by atoms with van der Waals surface area (Å²) in [5.74, 6) is 0. The highest BCUT2D eigenvalue weighted by atomic mass is 16.5. The number of anilines is 1. The Balaban J connectivity index is 2.18. The molecular weight excluding hydrogens is 226 g/mol. The van der Waals surface area contributed by atoms with Gasteiger partial charge in [-0.1, -0.05) is 6.07 Å². The molecule has 18 heavy (non-hydrogen) atoms. The van der Waals surface area contributed by atoms with Crippen LogP contribution in [0.25, 0.3) is 0 Å². The van der Waals surface area contributed by atoms with E-state index in [0.29, 0.717) is 18.2 Å². The Morgan fingerprint density at radius 3 is 3.06 bits per heavy atom. The first kappa shape index (κ1) is 12.9. The van der Waals surface area contributed by atoms with Crippen molar-refractivity contribution in [2.45, 2.75) is 25.0 Å². The fraction of sp³-hybridized carbons (Fsp3) is 0.500. The van der Waals surface area contributed by atoms with Crippen LogP contribution >= 0.6 is 0 Å². The standard InChI is InChI=1S/C14H19N3O/c1-18-14-5-6-17(13(8-14)10-16)12-4-2-3-11(7-12)9-15/h2-4,7,13-14H,5-6,8,10,16H2,1H3. The highest BCUT2D eigenvalue weighted by Gasteiger charge is 2.27. The van der Waals surface area contributed by atoms with Crippen LogP contribution in [-0.2, 0) is 4.74 Å². The maximum Gasteiger partial charge on any atom is 0.0992 e. The highest BCUT2D eigenvalue weighted by Crippen LogP contribution is 2.26. The van der Waals surface area contributed by atoms with Gasteiger partial charge in [0.15, 0.2) is 0 Å². The molecule has 1 aromatic rings. The maximum absolute atomic E-state index is 8.95. The van der Waals surface area contributed by atoms with E-state index >= 15 is 0 Å². The minimum Gasteiger partial charge on any atom is -0.381 e. The molecule has 1 aromatic carbocycles. The summed E-state index contributed by atoms with van der Waals surface area (Å²) < 4.78 is 5.42. The van der Waals surface area contributed by atoms with Crippen molar-refractivity contribution in [2.24, 2.45) is 5.73 Å². The molecular formula is C14H19N3O. The molecule has 4 nitrogen and oxygen atoms in total. The second-order valence-electron chi connectivity index (χ2n) is 4.63. The Labute approximate surface area is 108 Å². The predicted molar refractivity (Wildman–Crippen MR) is 71.4 cm³/mol.